The summed E-state index contributed by atoms with van der Waals surface area (Å²) in [7, 11) is 0. The van der Waals surface area contributed by atoms with E-state index in [-0.39, 0.29) is 0 Å². The number of hydrogen-bond acceptors (Lipinski definition) is 3. The summed E-state index contributed by atoms with van der Waals surface area (Å²) in [5, 5.41) is 12.2. The molecule has 4 heteroatoms. The summed E-state index contributed by atoms with van der Waals surface area (Å²) in [6.45, 7) is 2.61. The fraction of sp³-hybridized carbons (Fsp3) is 0.125. The number of nitriles is 1. The minimum Gasteiger partial charge on any atom is -0.381 e. The second kappa shape index (κ2) is 5.89. The predicted molar refractivity (Wildman–Crippen MR) is 78.2 cm³/mol. The molecule has 2 aromatic carbocycles. The van der Waals surface area contributed by atoms with Crippen molar-refractivity contribution >= 4 is 11.6 Å². The Kier molecular flexibility index (Phi) is 4.02. The Bertz CT molecular complexity index is 669. The summed E-state index contributed by atoms with van der Waals surface area (Å²) in [5.74, 6) is -0.429. The Balaban J connectivity index is 2.09. The topological polar surface area (TPSA) is 78.9 Å². The number of amides is 1. The van der Waals surface area contributed by atoms with Gasteiger partial charge in [-0.05, 0) is 42.3 Å². The molecule has 0 spiro atoms. The summed E-state index contributed by atoms with van der Waals surface area (Å²) in [6, 6.07) is 14.8. The third-order valence-electron chi connectivity index (χ3n) is 3.09. The van der Waals surface area contributed by atoms with Gasteiger partial charge in [0.1, 0.15) is 0 Å². The van der Waals surface area contributed by atoms with E-state index in [4.69, 9.17) is 11.0 Å². The lowest BCUT2D eigenvalue weighted by Gasteiger charge is -2.10. The van der Waals surface area contributed by atoms with Crippen molar-refractivity contribution in [2.24, 2.45) is 5.73 Å². The van der Waals surface area contributed by atoms with Gasteiger partial charge in [-0.25, -0.2) is 0 Å². The highest BCUT2D eigenvalue weighted by Gasteiger charge is 2.02. The molecule has 0 heterocycles. The Morgan fingerprint density at radius 3 is 2.55 bits per heavy atom. The van der Waals surface area contributed by atoms with E-state index in [1.807, 2.05) is 31.2 Å². The highest BCUT2D eigenvalue weighted by molar-refractivity contribution is 5.92. The van der Waals surface area contributed by atoms with Crippen molar-refractivity contribution < 1.29 is 4.79 Å². The molecule has 100 valence electrons. The Morgan fingerprint density at radius 2 is 1.95 bits per heavy atom. The van der Waals surface area contributed by atoms with E-state index in [0.717, 1.165) is 16.8 Å². The molecule has 0 aliphatic heterocycles. The SMILES string of the molecule is Cc1ccc(C#N)cc1NCc1ccc(C(N)=O)cc1. The zero-order chi connectivity index (χ0) is 14.5. The molecule has 20 heavy (non-hydrogen) atoms. The van der Waals surface area contributed by atoms with E-state index < -0.39 is 5.91 Å². The van der Waals surface area contributed by atoms with Gasteiger partial charge in [-0.1, -0.05) is 18.2 Å². The van der Waals surface area contributed by atoms with Crippen molar-refractivity contribution in [3.63, 3.8) is 0 Å². The summed E-state index contributed by atoms with van der Waals surface area (Å²) in [5.41, 5.74) is 9.37. The average molecular weight is 265 g/mol. The molecule has 0 unspecified atom stereocenters. The monoisotopic (exact) mass is 265 g/mol. The predicted octanol–water partition coefficient (Wildman–Crippen LogP) is 2.58. The van der Waals surface area contributed by atoms with Crippen LogP contribution in [0, 0.1) is 18.3 Å². The minimum atomic E-state index is -0.429. The van der Waals surface area contributed by atoms with Gasteiger partial charge in [0, 0.05) is 17.8 Å². The van der Waals surface area contributed by atoms with Crippen molar-refractivity contribution in [1.29, 1.82) is 5.26 Å². The molecular formula is C16H15N3O. The number of benzene rings is 2. The van der Waals surface area contributed by atoms with Crippen molar-refractivity contribution in [3.05, 3.63) is 64.7 Å². The van der Waals surface area contributed by atoms with E-state index in [9.17, 15) is 4.79 Å². The maximum Gasteiger partial charge on any atom is 0.248 e. The molecule has 1 amide bonds. The van der Waals surface area contributed by atoms with Crippen molar-refractivity contribution in [1.82, 2.24) is 0 Å². The number of primary amides is 1. The van der Waals surface area contributed by atoms with Crippen molar-refractivity contribution in [2.45, 2.75) is 13.5 Å². The van der Waals surface area contributed by atoms with Gasteiger partial charge in [-0.15, -0.1) is 0 Å². The molecule has 0 atom stereocenters. The van der Waals surface area contributed by atoms with Crippen LogP contribution in [-0.4, -0.2) is 5.91 Å². The van der Waals surface area contributed by atoms with Crippen LogP contribution < -0.4 is 11.1 Å². The molecule has 0 aliphatic carbocycles. The normalized spacial score (nSPS) is 9.80. The highest BCUT2D eigenvalue weighted by Crippen LogP contribution is 2.17. The molecular weight excluding hydrogens is 250 g/mol. The van der Waals surface area contributed by atoms with Crippen LogP contribution in [0.1, 0.15) is 27.0 Å². The molecule has 0 bridgehead atoms. The van der Waals surface area contributed by atoms with Crippen molar-refractivity contribution in [3.8, 4) is 6.07 Å². The van der Waals surface area contributed by atoms with Gasteiger partial charge in [-0.3, -0.25) is 4.79 Å². The number of rotatable bonds is 4. The van der Waals surface area contributed by atoms with Crippen LogP contribution in [0.3, 0.4) is 0 Å². The summed E-state index contributed by atoms with van der Waals surface area (Å²) < 4.78 is 0. The van der Waals surface area contributed by atoms with Gasteiger partial charge >= 0.3 is 0 Å². The van der Waals surface area contributed by atoms with Crippen LogP contribution in [0.25, 0.3) is 0 Å². The standard InChI is InChI=1S/C16H15N3O/c1-11-2-3-13(9-17)8-15(11)19-10-12-4-6-14(7-5-12)16(18)20/h2-8,19H,10H2,1H3,(H2,18,20). The number of carbonyl (C=O) groups is 1. The van der Waals surface area contributed by atoms with E-state index in [2.05, 4.69) is 11.4 Å². The van der Waals surface area contributed by atoms with Gasteiger partial charge in [0.05, 0.1) is 11.6 Å². The number of nitrogens with two attached hydrogens (primary N) is 1. The largest absolute Gasteiger partial charge is 0.381 e. The second-order valence-electron chi connectivity index (χ2n) is 4.56. The van der Waals surface area contributed by atoms with E-state index in [1.165, 1.54) is 0 Å². The van der Waals surface area contributed by atoms with Crippen LogP contribution in [-0.2, 0) is 6.54 Å². The first-order chi connectivity index (χ1) is 9.60. The number of hydrogen-bond donors (Lipinski definition) is 2. The van der Waals surface area contributed by atoms with Gasteiger partial charge < -0.3 is 11.1 Å². The van der Waals surface area contributed by atoms with Crippen LogP contribution in [0.2, 0.25) is 0 Å². The van der Waals surface area contributed by atoms with Gasteiger partial charge in [-0.2, -0.15) is 5.26 Å². The number of carbonyl (C=O) groups excluding carboxylic acids is 1. The van der Waals surface area contributed by atoms with Crippen LogP contribution >= 0.6 is 0 Å². The fourth-order valence-electron chi connectivity index (χ4n) is 1.87. The third kappa shape index (κ3) is 3.15. The third-order valence-corrected chi connectivity index (χ3v) is 3.09. The quantitative estimate of drug-likeness (QED) is 0.891. The van der Waals surface area contributed by atoms with Gasteiger partial charge in [0.2, 0.25) is 5.91 Å². The summed E-state index contributed by atoms with van der Waals surface area (Å²) in [4.78, 5) is 11.0. The van der Waals surface area contributed by atoms with Crippen LogP contribution in [0.15, 0.2) is 42.5 Å². The lowest BCUT2D eigenvalue weighted by Crippen LogP contribution is -2.10. The zero-order valence-electron chi connectivity index (χ0n) is 11.2. The molecule has 4 nitrogen and oxygen atoms in total. The Hall–Kier alpha value is -2.80. The molecule has 0 fully saturated rings. The molecule has 0 radical (unpaired) electrons. The molecule has 0 aliphatic rings. The average Bonchev–Trinajstić information content (AvgIpc) is 2.47. The van der Waals surface area contributed by atoms with Crippen LogP contribution in [0.4, 0.5) is 5.69 Å². The fourth-order valence-corrected chi connectivity index (χ4v) is 1.87. The molecule has 3 N–H and O–H groups in total. The maximum atomic E-state index is 11.0. The maximum absolute atomic E-state index is 11.0. The lowest BCUT2D eigenvalue weighted by atomic mass is 10.1. The Labute approximate surface area is 117 Å². The molecule has 2 aromatic rings. The number of aryl methyl sites for hydroxylation is 1. The van der Waals surface area contributed by atoms with E-state index in [1.54, 1.807) is 18.2 Å². The van der Waals surface area contributed by atoms with Gasteiger partial charge in [0.25, 0.3) is 0 Å². The number of nitrogens with zero attached hydrogens (tertiary/aromatic N) is 1. The molecule has 0 aromatic heterocycles. The first kappa shape index (κ1) is 13.6. The van der Waals surface area contributed by atoms with E-state index >= 15 is 0 Å². The Morgan fingerprint density at radius 1 is 1.25 bits per heavy atom. The number of anilines is 1. The highest BCUT2D eigenvalue weighted by atomic mass is 16.1. The number of nitrogens with one attached hydrogen (secondary N) is 1. The summed E-state index contributed by atoms with van der Waals surface area (Å²) >= 11 is 0. The first-order valence-corrected chi connectivity index (χ1v) is 6.23. The first-order valence-electron chi connectivity index (χ1n) is 6.23. The minimum absolute atomic E-state index is 0.429. The second-order valence-corrected chi connectivity index (χ2v) is 4.56. The lowest BCUT2D eigenvalue weighted by molar-refractivity contribution is 0.100. The molecule has 0 saturated heterocycles. The van der Waals surface area contributed by atoms with Gasteiger partial charge in [0.15, 0.2) is 0 Å². The molecule has 2 rings (SSSR count). The summed E-state index contributed by atoms with van der Waals surface area (Å²) in [6.07, 6.45) is 0. The van der Waals surface area contributed by atoms with E-state index in [0.29, 0.717) is 17.7 Å². The smallest absolute Gasteiger partial charge is 0.248 e. The van der Waals surface area contributed by atoms with Crippen molar-refractivity contribution in [2.75, 3.05) is 5.32 Å². The van der Waals surface area contributed by atoms with Crippen LogP contribution in [0.5, 0.6) is 0 Å². The zero-order valence-corrected chi connectivity index (χ0v) is 11.2. The molecule has 0 saturated carbocycles.